The third kappa shape index (κ3) is 4.15. The lowest BCUT2D eigenvalue weighted by molar-refractivity contribution is 0.0897. The van der Waals surface area contributed by atoms with E-state index in [2.05, 4.69) is 51.8 Å². The van der Waals surface area contributed by atoms with Crippen LogP contribution in [0.1, 0.15) is 57.3 Å². The normalized spacial score (nSPS) is 19.6. The van der Waals surface area contributed by atoms with Gasteiger partial charge in [0.25, 0.3) is 5.78 Å². The molecule has 10 heteroatoms. The zero-order valence-electron chi connectivity index (χ0n) is 20.6. The van der Waals surface area contributed by atoms with E-state index in [-0.39, 0.29) is 18.1 Å². The number of pyridine rings is 1. The van der Waals surface area contributed by atoms with Gasteiger partial charge in [0.2, 0.25) is 0 Å². The molecule has 0 spiro atoms. The molecule has 36 heavy (non-hydrogen) atoms. The summed E-state index contributed by atoms with van der Waals surface area (Å²) >= 11 is 13.3. The second kappa shape index (κ2) is 10.2. The van der Waals surface area contributed by atoms with Gasteiger partial charge in [0, 0.05) is 46.8 Å². The quantitative estimate of drug-likeness (QED) is 0.321. The monoisotopic (exact) mass is 522 g/mol. The van der Waals surface area contributed by atoms with Crippen LogP contribution in [0.3, 0.4) is 0 Å². The van der Waals surface area contributed by atoms with E-state index in [1.54, 1.807) is 12.4 Å². The van der Waals surface area contributed by atoms with E-state index in [4.69, 9.17) is 28.2 Å². The molecule has 4 aromatic rings. The van der Waals surface area contributed by atoms with E-state index in [9.17, 15) is 5.26 Å². The summed E-state index contributed by atoms with van der Waals surface area (Å²) in [5.41, 5.74) is 2.87. The van der Waals surface area contributed by atoms with Crippen LogP contribution in [0.4, 0.5) is 5.82 Å². The maximum absolute atomic E-state index is 9.52. The molecule has 8 nitrogen and oxygen atoms in total. The van der Waals surface area contributed by atoms with Crippen LogP contribution in [0, 0.1) is 11.3 Å². The minimum absolute atomic E-state index is 0.111. The molecule has 186 valence electrons. The number of hydrogen-bond donors (Lipinski definition) is 0. The fourth-order valence-electron chi connectivity index (χ4n) is 5.46. The largest absolute Gasteiger partial charge is 0.349 e. The van der Waals surface area contributed by atoms with E-state index in [0.29, 0.717) is 27.0 Å². The third-order valence-electron chi connectivity index (χ3n) is 7.27. The summed E-state index contributed by atoms with van der Waals surface area (Å²) in [6.45, 7) is 8.18. The SMILES string of the molecule is CCC(c1c(Cl)cccc1Cl)N1C[C@H](CC)N(c2nc3nncn3c3ccc(C#N)nc23)C[C@H]1CC. The molecule has 1 aliphatic heterocycles. The summed E-state index contributed by atoms with van der Waals surface area (Å²) in [6.07, 6.45) is 4.40. The number of aromatic nitrogens is 5. The lowest BCUT2D eigenvalue weighted by Gasteiger charge is -2.50. The Hall–Kier alpha value is -2.99. The van der Waals surface area contributed by atoms with E-state index in [1.165, 1.54) is 0 Å². The smallest absolute Gasteiger partial charge is 0.257 e. The summed E-state index contributed by atoms with van der Waals surface area (Å²) < 4.78 is 1.81. The van der Waals surface area contributed by atoms with Crippen molar-refractivity contribution < 1.29 is 0 Å². The molecule has 1 aliphatic rings. The molecule has 1 aromatic carbocycles. The molecule has 1 saturated heterocycles. The van der Waals surface area contributed by atoms with Crippen molar-refractivity contribution in [2.24, 2.45) is 0 Å². The van der Waals surface area contributed by atoms with Crippen molar-refractivity contribution in [3.05, 3.63) is 58.0 Å². The second-order valence-corrected chi connectivity index (χ2v) is 9.96. The van der Waals surface area contributed by atoms with Gasteiger partial charge in [0.1, 0.15) is 23.6 Å². The number of rotatable bonds is 6. The Labute approximate surface area is 220 Å². The third-order valence-corrected chi connectivity index (χ3v) is 7.93. The Balaban J connectivity index is 1.60. The van der Waals surface area contributed by atoms with Crippen molar-refractivity contribution in [2.45, 2.75) is 58.2 Å². The first-order valence-electron chi connectivity index (χ1n) is 12.4. The highest BCUT2D eigenvalue weighted by Gasteiger charge is 2.38. The van der Waals surface area contributed by atoms with Crippen LogP contribution in [-0.4, -0.2) is 54.6 Å². The van der Waals surface area contributed by atoms with Crippen molar-refractivity contribution in [1.82, 2.24) is 29.5 Å². The highest BCUT2D eigenvalue weighted by atomic mass is 35.5. The van der Waals surface area contributed by atoms with Gasteiger partial charge in [-0.1, -0.05) is 50.0 Å². The summed E-state index contributed by atoms with van der Waals surface area (Å²) in [5.74, 6) is 1.26. The van der Waals surface area contributed by atoms with Gasteiger partial charge in [-0.05, 0) is 43.5 Å². The van der Waals surface area contributed by atoms with Crippen molar-refractivity contribution >= 4 is 45.8 Å². The number of nitrogens with zero attached hydrogens (tertiary/aromatic N) is 8. The van der Waals surface area contributed by atoms with Gasteiger partial charge < -0.3 is 4.90 Å². The van der Waals surface area contributed by atoms with Crippen LogP contribution in [0.2, 0.25) is 10.0 Å². The molecule has 0 bridgehead atoms. The predicted molar refractivity (Wildman–Crippen MR) is 143 cm³/mol. The predicted octanol–water partition coefficient (Wildman–Crippen LogP) is 5.68. The number of hydrogen-bond acceptors (Lipinski definition) is 7. The Morgan fingerprint density at radius 3 is 2.44 bits per heavy atom. The molecule has 3 atom stereocenters. The Kier molecular flexibility index (Phi) is 6.98. The molecular weight excluding hydrogens is 495 g/mol. The Morgan fingerprint density at radius 1 is 1.03 bits per heavy atom. The highest BCUT2D eigenvalue weighted by Crippen LogP contribution is 2.40. The number of anilines is 1. The lowest BCUT2D eigenvalue weighted by Crippen LogP contribution is -2.59. The first kappa shape index (κ1) is 24.7. The van der Waals surface area contributed by atoms with Gasteiger partial charge in [-0.25, -0.2) is 4.98 Å². The molecule has 1 fully saturated rings. The molecule has 0 amide bonds. The van der Waals surface area contributed by atoms with Gasteiger partial charge in [-0.15, -0.1) is 10.2 Å². The van der Waals surface area contributed by atoms with Gasteiger partial charge >= 0.3 is 0 Å². The Bertz CT molecular complexity index is 1430. The molecule has 0 radical (unpaired) electrons. The number of fused-ring (bicyclic) bond motifs is 3. The summed E-state index contributed by atoms with van der Waals surface area (Å²) in [6, 6.07) is 12.0. The standard InChI is InChI=1S/C26H28Cl2N8/c1-4-17-14-35(18(5-2)13-34(17)21(6-3)23-19(27)8-7-9-20(23)28)25-24-22(11-10-16(12-29)31-24)36-15-30-33-26(36)32-25/h7-11,15,17-18,21H,4-6,13-14H2,1-3H3/t17-,18+,21?/m1/s1. The van der Waals surface area contributed by atoms with Gasteiger partial charge in [0.15, 0.2) is 5.82 Å². The van der Waals surface area contributed by atoms with Crippen molar-refractivity contribution in [3.63, 3.8) is 0 Å². The number of piperazine rings is 1. The van der Waals surface area contributed by atoms with Crippen LogP contribution < -0.4 is 4.90 Å². The zero-order chi connectivity index (χ0) is 25.4. The number of benzene rings is 1. The molecule has 0 saturated carbocycles. The van der Waals surface area contributed by atoms with Gasteiger partial charge in [0.05, 0.1) is 5.52 Å². The van der Waals surface area contributed by atoms with E-state index in [1.807, 2.05) is 28.7 Å². The van der Waals surface area contributed by atoms with Crippen molar-refractivity contribution in [3.8, 4) is 6.07 Å². The molecule has 5 rings (SSSR count). The van der Waals surface area contributed by atoms with Crippen LogP contribution in [-0.2, 0) is 0 Å². The maximum atomic E-state index is 9.52. The molecule has 3 aromatic heterocycles. The lowest BCUT2D eigenvalue weighted by atomic mass is 9.94. The van der Waals surface area contributed by atoms with E-state index >= 15 is 0 Å². The minimum Gasteiger partial charge on any atom is -0.349 e. The summed E-state index contributed by atoms with van der Waals surface area (Å²) in [5, 5.41) is 19.2. The molecule has 1 unspecified atom stereocenters. The van der Waals surface area contributed by atoms with E-state index in [0.717, 1.165) is 49.2 Å². The van der Waals surface area contributed by atoms with Crippen molar-refractivity contribution in [1.29, 1.82) is 5.26 Å². The zero-order valence-corrected chi connectivity index (χ0v) is 22.1. The average Bonchev–Trinajstić information content (AvgIpc) is 3.38. The van der Waals surface area contributed by atoms with Gasteiger partial charge in [-0.2, -0.15) is 10.2 Å². The topological polar surface area (TPSA) is 86.2 Å². The molecule has 0 N–H and O–H groups in total. The van der Waals surface area contributed by atoms with Crippen LogP contribution in [0.15, 0.2) is 36.7 Å². The summed E-state index contributed by atoms with van der Waals surface area (Å²) in [4.78, 5) is 14.5. The van der Waals surface area contributed by atoms with Crippen LogP contribution in [0.5, 0.6) is 0 Å². The van der Waals surface area contributed by atoms with Crippen molar-refractivity contribution in [2.75, 3.05) is 18.0 Å². The number of nitriles is 1. The molecule has 0 aliphatic carbocycles. The second-order valence-electron chi connectivity index (χ2n) is 9.15. The molecular formula is C26H28Cl2N8. The van der Waals surface area contributed by atoms with E-state index < -0.39 is 0 Å². The van der Waals surface area contributed by atoms with Gasteiger partial charge in [-0.3, -0.25) is 9.30 Å². The Morgan fingerprint density at radius 2 is 1.78 bits per heavy atom. The fourth-order valence-corrected chi connectivity index (χ4v) is 6.11. The fraction of sp³-hybridized carbons (Fsp3) is 0.423. The minimum atomic E-state index is 0.111. The number of halogens is 2. The maximum Gasteiger partial charge on any atom is 0.257 e. The molecule has 4 heterocycles. The first-order chi connectivity index (χ1) is 17.5. The average molecular weight is 523 g/mol. The summed E-state index contributed by atoms with van der Waals surface area (Å²) in [7, 11) is 0. The first-order valence-corrected chi connectivity index (χ1v) is 13.1. The van der Waals surface area contributed by atoms with Crippen LogP contribution >= 0.6 is 23.2 Å². The highest BCUT2D eigenvalue weighted by molar-refractivity contribution is 6.36. The van der Waals surface area contributed by atoms with Crippen LogP contribution in [0.25, 0.3) is 16.8 Å².